The van der Waals surface area contributed by atoms with Crippen LogP contribution in [0.15, 0.2) is 77.2 Å². The Labute approximate surface area is 253 Å². The summed E-state index contributed by atoms with van der Waals surface area (Å²) in [5.41, 5.74) is 7.67. The number of pyridine rings is 1. The molecule has 6 aromatic rings. The van der Waals surface area contributed by atoms with Crippen LogP contribution in [-0.4, -0.2) is 36.7 Å². The van der Waals surface area contributed by atoms with E-state index in [0.717, 1.165) is 41.0 Å². The largest absolute Gasteiger partial charge is 0.455 e. The van der Waals surface area contributed by atoms with E-state index >= 15 is 0 Å². The maximum Gasteiger partial charge on any atom is 0.255 e. The average Bonchev–Trinajstić information content (AvgIpc) is 3.55. The number of anilines is 1. The third kappa shape index (κ3) is 4.44. The molecule has 3 aromatic heterocycles. The standard InChI is InChI=1S/C34H29FN4O4S/c1-4-44(41,42)38-27-18-29-25(30(34(40)36-3)33(43-29)21-9-12-22(35)13-10-21)17-24(27)26-14-11-20-15-16-39-28-8-6-5-7-23(28)19(2)32(39)31(20)37-26/h5-14,17-18,38H,4,15-16H2,1-3H3,(H,36,40). The third-order valence-electron chi connectivity index (χ3n) is 8.34. The summed E-state index contributed by atoms with van der Waals surface area (Å²) < 4.78 is 50.6. The SMILES string of the molecule is CCS(=O)(=O)Nc1cc2oc(-c3ccc(F)cc3)c(C(=O)NC)c2cc1-c1ccc2c(n1)-c1c(C)c3ccccc3n1CC2. The molecule has 222 valence electrons. The summed E-state index contributed by atoms with van der Waals surface area (Å²) in [5, 5.41) is 4.31. The number of nitrogens with one attached hydrogen (secondary N) is 2. The van der Waals surface area contributed by atoms with E-state index in [4.69, 9.17) is 9.40 Å². The molecule has 0 aliphatic carbocycles. The fraction of sp³-hybridized carbons (Fsp3) is 0.176. The van der Waals surface area contributed by atoms with Crippen LogP contribution in [-0.2, 0) is 23.0 Å². The number of nitrogens with zero attached hydrogens (tertiary/aromatic N) is 2. The Balaban J connectivity index is 1.49. The van der Waals surface area contributed by atoms with Gasteiger partial charge in [0.1, 0.15) is 17.2 Å². The van der Waals surface area contributed by atoms with Gasteiger partial charge in [0.15, 0.2) is 0 Å². The van der Waals surface area contributed by atoms with Crippen molar-refractivity contribution in [1.82, 2.24) is 14.9 Å². The molecule has 0 unspecified atom stereocenters. The van der Waals surface area contributed by atoms with E-state index < -0.39 is 21.7 Å². The lowest BCUT2D eigenvalue weighted by Crippen LogP contribution is -2.18. The minimum atomic E-state index is -3.69. The summed E-state index contributed by atoms with van der Waals surface area (Å²) in [4.78, 5) is 18.4. The first-order chi connectivity index (χ1) is 21.2. The molecular formula is C34H29FN4O4S. The van der Waals surface area contributed by atoms with E-state index in [-0.39, 0.29) is 22.8 Å². The molecule has 1 amide bonds. The van der Waals surface area contributed by atoms with Crippen molar-refractivity contribution in [2.24, 2.45) is 0 Å². The van der Waals surface area contributed by atoms with Crippen LogP contribution in [0.3, 0.4) is 0 Å². The molecule has 0 bridgehead atoms. The fourth-order valence-corrected chi connectivity index (χ4v) is 6.77. The smallest absolute Gasteiger partial charge is 0.255 e. The molecule has 0 fully saturated rings. The molecule has 0 atom stereocenters. The van der Waals surface area contributed by atoms with Gasteiger partial charge in [0.25, 0.3) is 5.91 Å². The molecule has 2 N–H and O–H groups in total. The Morgan fingerprint density at radius 1 is 1.05 bits per heavy atom. The minimum absolute atomic E-state index is 0.135. The second-order valence-corrected chi connectivity index (χ2v) is 12.9. The van der Waals surface area contributed by atoms with Crippen LogP contribution in [0.1, 0.15) is 28.4 Å². The third-order valence-corrected chi connectivity index (χ3v) is 9.63. The van der Waals surface area contributed by atoms with Gasteiger partial charge < -0.3 is 14.3 Å². The van der Waals surface area contributed by atoms with Crippen molar-refractivity contribution >= 4 is 43.5 Å². The zero-order valence-corrected chi connectivity index (χ0v) is 25.2. The summed E-state index contributed by atoms with van der Waals surface area (Å²) in [5.74, 6) is -0.699. The summed E-state index contributed by atoms with van der Waals surface area (Å²) in [6.07, 6.45) is 0.811. The quantitative estimate of drug-likeness (QED) is 0.214. The maximum atomic E-state index is 13.7. The second kappa shape index (κ2) is 10.3. The Morgan fingerprint density at radius 2 is 1.82 bits per heavy atom. The normalized spacial score (nSPS) is 12.7. The highest BCUT2D eigenvalue weighted by molar-refractivity contribution is 7.92. The second-order valence-electron chi connectivity index (χ2n) is 10.9. The first-order valence-electron chi connectivity index (χ1n) is 14.4. The van der Waals surface area contributed by atoms with E-state index in [1.54, 1.807) is 19.1 Å². The molecule has 8 nitrogen and oxygen atoms in total. The van der Waals surface area contributed by atoms with E-state index in [1.807, 2.05) is 24.3 Å². The number of carbonyl (C=O) groups is 1. The van der Waals surface area contributed by atoms with Crippen LogP contribution in [0.2, 0.25) is 0 Å². The number of amides is 1. The molecular weight excluding hydrogens is 579 g/mol. The van der Waals surface area contributed by atoms with E-state index in [2.05, 4.69) is 33.7 Å². The highest BCUT2D eigenvalue weighted by Crippen LogP contribution is 2.42. The number of carbonyl (C=O) groups excluding carboxylic acids is 1. The van der Waals surface area contributed by atoms with Gasteiger partial charge >= 0.3 is 0 Å². The van der Waals surface area contributed by atoms with Gasteiger partial charge in [-0.05, 0) is 73.9 Å². The topological polar surface area (TPSA) is 106 Å². The van der Waals surface area contributed by atoms with Gasteiger partial charge in [0.2, 0.25) is 10.0 Å². The Kier molecular flexibility index (Phi) is 6.55. The van der Waals surface area contributed by atoms with Gasteiger partial charge in [0.05, 0.1) is 34.1 Å². The summed E-state index contributed by atoms with van der Waals surface area (Å²) in [6, 6.07) is 21.2. The van der Waals surface area contributed by atoms with Crippen LogP contribution >= 0.6 is 0 Å². The van der Waals surface area contributed by atoms with Crippen molar-refractivity contribution in [3.63, 3.8) is 0 Å². The van der Waals surface area contributed by atoms with Crippen LogP contribution in [0.4, 0.5) is 10.1 Å². The first kappa shape index (κ1) is 27.8. The van der Waals surface area contributed by atoms with Crippen molar-refractivity contribution in [2.45, 2.75) is 26.8 Å². The highest BCUT2D eigenvalue weighted by Gasteiger charge is 2.27. The number of rotatable bonds is 6. The minimum Gasteiger partial charge on any atom is -0.455 e. The van der Waals surface area contributed by atoms with Crippen LogP contribution < -0.4 is 10.0 Å². The molecule has 7 rings (SSSR count). The van der Waals surface area contributed by atoms with Crippen molar-refractivity contribution in [1.29, 1.82) is 0 Å². The number of furan rings is 1. The van der Waals surface area contributed by atoms with Gasteiger partial charge in [-0.25, -0.2) is 17.8 Å². The molecule has 1 aliphatic heterocycles. The molecule has 44 heavy (non-hydrogen) atoms. The predicted molar refractivity (Wildman–Crippen MR) is 171 cm³/mol. The highest BCUT2D eigenvalue weighted by atomic mass is 32.2. The van der Waals surface area contributed by atoms with Gasteiger partial charge in [0, 0.05) is 47.1 Å². The lowest BCUT2D eigenvalue weighted by molar-refractivity contribution is 0.0964. The number of fused-ring (bicyclic) bond motifs is 6. The van der Waals surface area contributed by atoms with Crippen LogP contribution in [0.25, 0.3) is 55.8 Å². The number of aryl methyl sites for hydroxylation is 3. The van der Waals surface area contributed by atoms with E-state index in [9.17, 15) is 17.6 Å². The average molecular weight is 609 g/mol. The monoisotopic (exact) mass is 608 g/mol. The number of aromatic nitrogens is 2. The lowest BCUT2D eigenvalue weighted by atomic mass is 9.98. The summed E-state index contributed by atoms with van der Waals surface area (Å²) >= 11 is 0. The Morgan fingerprint density at radius 3 is 2.57 bits per heavy atom. The molecule has 0 radical (unpaired) electrons. The van der Waals surface area contributed by atoms with E-state index in [1.165, 1.54) is 36.7 Å². The molecule has 1 aliphatic rings. The number of benzene rings is 3. The van der Waals surface area contributed by atoms with E-state index in [0.29, 0.717) is 27.8 Å². The predicted octanol–water partition coefficient (Wildman–Crippen LogP) is 6.91. The summed E-state index contributed by atoms with van der Waals surface area (Å²) in [6.45, 7) is 4.49. The molecule has 0 saturated heterocycles. The maximum absolute atomic E-state index is 13.7. The van der Waals surface area contributed by atoms with Crippen molar-refractivity contribution < 1.29 is 22.0 Å². The van der Waals surface area contributed by atoms with Gasteiger partial charge in [-0.1, -0.05) is 24.3 Å². The summed E-state index contributed by atoms with van der Waals surface area (Å²) in [7, 11) is -2.17. The van der Waals surface area contributed by atoms with Gasteiger partial charge in [-0.3, -0.25) is 9.52 Å². The number of hydrogen-bond acceptors (Lipinski definition) is 5. The van der Waals surface area contributed by atoms with Gasteiger partial charge in [-0.15, -0.1) is 0 Å². The molecule has 0 saturated carbocycles. The zero-order valence-electron chi connectivity index (χ0n) is 24.4. The lowest BCUT2D eigenvalue weighted by Gasteiger charge is -2.21. The van der Waals surface area contributed by atoms with Crippen LogP contribution in [0, 0.1) is 12.7 Å². The molecule has 4 heterocycles. The fourth-order valence-electron chi connectivity index (χ4n) is 6.13. The number of hydrogen-bond donors (Lipinski definition) is 2. The number of sulfonamides is 1. The number of halogens is 1. The van der Waals surface area contributed by atoms with Crippen LogP contribution in [0.5, 0.6) is 0 Å². The van der Waals surface area contributed by atoms with Crippen molar-refractivity contribution in [3.05, 3.63) is 95.3 Å². The van der Waals surface area contributed by atoms with Gasteiger partial charge in [-0.2, -0.15) is 0 Å². The van der Waals surface area contributed by atoms with Crippen molar-refractivity contribution in [3.8, 4) is 34.0 Å². The number of para-hydroxylation sites is 1. The molecule has 0 spiro atoms. The Hall–Kier alpha value is -4.96. The molecule has 10 heteroatoms. The Bertz CT molecular complexity index is 2230. The first-order valence-corrected chi connectivity index (χ1v) is 16.0. The molecule has 3 aromatic carbocycles. The van der Waals surface area contributed by atoms with Crippen molar-refractivity contribution in [2.75, 3.05) is 17.5 Å². The zero-order chi connectivity index (χ0) is 30.7.